The van der Waals surface area contributed by atoms with Crippen molar-refractivity contribution in [2.45, 2.75) is 39.5 Å². The fraction of sp³-hybridized carbons (Fsp3) is 0.500. The van der Waals surface area contributed by atoms with Crippen molar-refractivity contribution in [3.63, 3.8) is 0 Å². The third-order valence-corrected chi connectivity index (χ3v) is 2.71. The zero-order chi connectivity index (χ0) is 11.8. The summed E-state index contributed by atoms with van der Waals surface area (Å²) in [7, 11) is 0. The molecule has 0 amide bonds. The van der Waals surface area contributed by atoms with E-state index in [2.05, 4.69) is 38.1 Å². The maximum Gasteiger partial charge on any atom is 0.305 e. The zero-order valence-electron chi connectivity index (χ0n) is 10.2. The van der Waals surface area contributed by atoms with Gasteiger partial charge in [0.15, 0.2) is 0 Å². The molecule has 0 N–H and O–H groups in total. The summed E-state index contributed by atoms with van der Waals surface area (Å²) in [5, 5.41) is 0. The Balaban J connectivity index is 0.000000160. The zero-order valence-corrected chi connectivity index (χ0v) is 10.2. The smallest absolute Gasteiger partial charge is 0.305 e. The van der Waals surface area contributed by atoms with E-state index in [-0.39, 0.29) is 5.97 Å². The molecule has 2 nitrogen and oxygen atoms in total. The first-order valence-electron chi connectivity index (χ1n) is 5.88. The number of rotatable bonds is 0. The highest BCUT2D eigenvalue weighted by molar-refractivity contribution is 5.69. The number of hydrogen-bond acceptors (Lipinski definition) is 2. The Kier molecular flexibility index (Phi) is 5.62. The van der Waals surface area contributed by atoms with Crippen LogP contribution < -0.4 is 0 Å². The molecule has 0 aromatic heterocycles. The Labute approximate surface area is 97.6 Å². The molecule has 1 aromatic rings. The van der Waals surface area contributed by atoms with Crippen LogP contribution in [0.5, 0.6) is 0 Å². The first-order valence-corrected chi connectivity index (χ1v) is 5.88. The average Bonchev–Trinajstić information content (AvgIpc) is 2.51. The minimum Gasteiger partial charge on any atom is -0.466 e. The standard InChI is InChI=1S/C8H10.C6H10O2/c1-7-5-3-4-6-8(7)2;7-6-4-2-1-3-5-8-6/h3-6H,1-2H3;1-5H2. The fourth-order valence-electron chi connectivity index (χ4n) is 1.47. The van der Waals surface area contributed by atoms with Gasteiger partial charge in [0, 0.05) is 6.42 Å². The van der Waals surface area contributed by atoms with Crippen molar-refractivity contribution >= 4 is 5.97 Å². The summed E-state index contributed by atoms with van der Waals surface area (Å²) in [6, 6.07) is 8.36. The number of cyclic esters (lactones) is 1. The van der Waals surface area contributed by atoms with E-state index in [1.54, 1.807) is 0 Å². The van der Waals surface area contributed by atoms with Crippen LogP contribution in [0.4, 0.5) is 0 Å². The van der Waals surface area contributed by atoms with Gasteiger partial charge in [0.2, 0.25) is 0 Å². The van der Waals surface area contributed by atoms with E-state index in [1.165, 1.54) is 11.1 Å². The highest BCUT2D eigenvalue weighted by Gasteiger charge is 2.05. The summed E-state index contributed by atoms with van der Waals surface area (Å²) in [6.45, 7) is 4.88. The number of ether oxygens (including phenoxy) is 1. The van der Waals surface area contributed by atoms with E-state index in [0.29, 0.717) is 13.0 Å². The summed E-state index contributed by atoms with van der Waals surface area (Å²) in [4.78, 5) is 10.5. The van der Waals surface area contributed by atoms with Gasteiger partial charge >= 0.3 is 5.97 Å². The van der Waals surface area contributed by atoms with Crippen LogP contribution in [-0.2, 0) is 9.53 Å². The van der Waals surface area contributed by atoms with Crippen LogP contribution in [0.15, 0.2) is 24.3 Å². The van der Waals surface area contributed by atoms with Crippen LogP contribution in [0.1, 0.15) is 36.8 Å². The predicted molar refractivity (Wildman–Crippen MR) is 65.3 cm³/mol. The number of aryl methyl sites for hydroxylation is 2. The third kappa shape index (κ3) is 4.96. The lowest BCUT2D eigenvalue weighted by Gasteiger charge is -1.93. The molecule has 2 heteroatoms. The summed E-state index contributed by atoms with van der Waals surface area (Å²) < 4.78 is 4.76. The highest BCUT2D eigenvalue weighted by atomic mass is 16.5. The molecule has 1 heterocycles. The number of esters is 1. The van der Waals surface area contributed by atoms with Crippen LogP contribution in [0, 0.1) is 13.8 Å². The highest BCUT2D eigenvalue weighted by Crippen LogP contribution is 2.06. The Bertz CT molecular complexity index is 300. The quantitative estimate of drug-likeness (QED) is 0.626. The number of carbonyl (C=O) groups excluding carboxylic acids is 1. The van der Waals surface area contributed by atoms with E-state index >= 15 is 0 Å². The first-order chi connectivity index (χ1) is 7.70. The molecule has 1 aliphatic rings. The lowest BCUT2D eigenvalue weighted by molar-refractivity contribution is -0.142. The fourth-order valence-corrected chi connectivity index (χ4v) is 1.47. The summed E-state index contributed by atoms with van der Waals surface area (Å²) in [6.07, 6.45) is 3.83. The molecule has 0 atom stereocenters. The van der Waals surface area contributed by atoms with E-state index in [9.17, 15) is 4.79 Å². The normalized spacial score (nSPS) is 15.5. The van der Waals surface area contributed by atoms with E-state index < -0.39 is 0 Å². The molecule has 16 heavy (non-hydrogen) atoms. The van der Waals surface area contributed by atoms with Gasteiger partial charge in [0.05, 0.1) is 6.61 Å². The minimum atomic E-state index is -0.0255. The summed E-state index contributed by atoms with van der Waals surface area (Å²) in [5.41, 5.74) is 2.74. The van der Waals surface area contributed by atoms with Gasteiger partial charge in [0.1, 0.15) is 0 Å². The van der Waals surface area contributed by atoms with E-state index in [1.807, 2.05) is 0 Å². The second-order valence-corrected chi connectivity index (χ2v) is 4.12. The van der Waals surface area contributed by atoms with Crippen LogP contribution >= 0.6 is 0 Å². The molecule has 0 aliphatic carbocycles. The van der Waals surface area contributed by atoms with Gasteiger partial charge < -0.3 is 4.74 Å². The SMILES string of the molecule is Cc1ccccc1C.O=C1CCCCCO1. The van der Waals surface area contributed by atoms with Gasteiger partial charge in [-0.25, -0.2) is 0 Å². The Morgan fingerprint density at radius 3 is 2.19 bits per heavy atom. The lowest BCUT2D eigenvalue weighted by Crippen LogP contribution is -2.00. The summed E-state index contributed by atoms with van der Waals surface area (Å²) in [5.74, 6) is -0.0255. The average molecular weight is 220 g/mol. The van der Waals surface area contributed by atoms with Crippen molar-refractivity contribution < 1.29 is 9.53 Å². The minimum absolute atomic E-state index is 0.0255. The van der Waals surface area contributed by atoms with Crippen LogP contribution in [0.25, 0.3) is 0 Å². The van der Waals surface area contributed by atoms with Gasteiger partial charge in [-0.05, 0) is 44.2 Å². The largest absolute Gasteiger partial charge is 0.466 e. The molecular weight excluding hydrogens is 200 g/mol. The lowest BCUT2D eigenvalue weighted by atomic mass is 10.1. The second-order valence-electron chi connectivity index (χ2n) is 4.12. The van der Waals surface area contributed by atoms with Crippen molar-refractivity contribution in [1.29, 1.82) is 0 Å². The molecule has 0 unspecified atom stereocenters. The molecule has 2 rings (SSSR count). The predicted octanol–water partition coefficient (Wildman–Crippen LogP) is 3.41. The van der Waals surface area contributed by atoms with Gasteiger partial charge in [-0.1, -0.05) is 24.3 Å². The molecule has 1 fully saturated rings. The van der Waals surface area contributed by atoms with Crippen molar-refractivity contribution in [3.05, 3.63) is 35.4 Å². The Hall–Kier alpha value is -1.31. The second kappa shape index (κ2) is 7.04. The van der Waals surface area contributed by atoms with Gasteiger partial charge in [-0.2, -0.15) is 0 Å². The monoisotopic (exact) mass is 220 g/mol. The van der Waals surface area contributed by atoms with E-state index in [4.69, 9.17) is 4.74 Å². The first kappa shape index (κ1) is 12.8. The maximum atomic E-state index is 10.5. The van der Waals surface area contributed by atoms with Crippen LogP contribution in [0.3, 0.4) is 0 Å². The third-order valence-electron chi connectivity index (χ3n) is 2.71. The Morgan fingerprint density at radius 2 is 1.62 bits per heavy atom. The Morgan fingerprint density at radius 1 is 1.00 bits per heavy atom. The molecule has 88 valence electrons. The number of hydrogen-bond donors (Lipinski definition) is 0. The molecular formula is C14H20O2. The van der Waals surface area contributed by atoms with Gasteiger partial charge in [0.25, 0.3) is 0 Å². The van der Waals surface area contributed by atoms with E-state index in [0.717, 1.165) is 19.3 Å². The molecule has 0 saturated carbocycles. The van der Waals surface area contributed by atoms with Crippen molar-refractivity contribution in [2.75, 3.05) is 6.61 Å². The van der Waals surface area contributed by atoms with Gasteiger partial charge in [-0.3, -0.25) is 4.79 Å². The van der Waals surface area contributed by atoms with Crippen LogP contribution in [-0.4, -0.2) is 12.6 Å². The molecule has 0 bridgehead atoms. The molecule has 1 aromatic carbocycles. The number of carbonyl (C=O) groups is 1. The van der Waals surface area contributed by atoms with Gasteiger partial charge in [-0.15, -0.1) is 0 Å². The van der Waals surface area contributed by atoms with Crippen LogP contribution in [0.2, 0.25) is 0 Å². The molecule has 0 spiro atoms. The molecule has 1 aliphatic heterocycles. The molecule has 1 saturated heterocycles. The van der Waals surface area contributed by atoms with Crippen molar-refractivity contribution in [1.82, 2.24) is 0 Å². The summed E-state index contributed by atoms with van der Waals surface area (Å²) >= 11 is 0. The number of benzene rings is 1. The van der Waals surface area contributed by atoms with Crippen molar-refractivity contribution in [2.24, 2.45) is 0 Å². The van der Waals surface area contributed by atoms with Crippen molar-refractivity contribution in [3.8, 4) is 0 Å². The maximum absolute atomic E-state index is 10.5. The topological polar surface area (TPSA) is 26.3 Å². The molecule has 0 radical (unpaired) electrons.